The molecule has 18 heteroatoms. The molecule has 0 saturated heterocycles. The minimum atomic E-state index is -3.22. The molecule has 2 aromatic heterocycles. The maximum absolute atomic E-state index is 12.0. The lowest BCUT2D eigenvalue weighted by Crippen LogP contribution is -2.07. The molecule has 0 saturated carbocycles. The van der Waals surface area contributed by atoms with E-state index in [0.29, 0.717) is 28.5 Å². The van der Waals surface area contributed by atoms with Crippen molar-refractivity contribution in [3.63, 3.8) is 0 Å². The zero-order chi connectivity index (χ0) is 46.1. The Morgan fingerprint density at radius 3 is 1.44 bits per heavy atom. The normalized spacial score (nSPS) is 10.4. The Morgan fingerprint density at radius 1 is 0.547 bits per heavy atom. The predicted molar refractivity (Wildman–Crippen MR) is 248 cm³/mol. The van der Waals surface area contributed by atoms with E-state index in [1.807, 2.05) is 84.9 Å². The van der Waals surface area contributed by atoms with E-state index >= 15 is 0 Å². The van der Waals surface area contributed by atoms with Crippen molar-refractivity contribution in [2.24, 2.45) is 0 Å². The van der Waals surface area contributed by atoms with E-state index in [1.165, 1.54) is 24.3 Å². The van der Waals surface area contributed by atoms with Crippen molar-refractivity contribution in [2.75, 3.05) is 5.73 Å². The summed E-state index contributed by atoms with van der Waals surface area (Å²) in [4.78, 5) is 53.2. The number of nitrogens with zero attached hydrogens (tertiary/aromatic N) is 4. The molecule has 0 amide bonds. The first-order chi connectivity index (χ1) is 30.7. The second-order valence-electron chi connectivity index (χ2n) is 13.0. The first-order valence-corrected chi connectivity index (χ1v) is 23.3. The van der Waals surface area contributed by atoms with E-state index in [0.717, 1.165) is 22.5 Å². The van der Waals surface area contributed by atoms with Crippen LogP contribution in [0.3, 0.4) is 0 Å². The molecule has 0 atom stereocenters. The number of nitro groups is 2. The molecule has 0 spiro atoms. The van der Waals surface area contributed by atoms with Crippen molar-refractivity contribution in [1.29, 1.82) is 0 Å². The minimum Gasteiger partial charge on any atom is -0.436 e. The number of nitrogens with two attached hydrogens (primary N) is 1. The number of benzene rings is 6. The number of halogens is 3. The van der Waals surface area contributed by atoms with Crippen LogP contribution in [0.1, 0.15) is 33.6 Å². The van der Waals surface area contributed by atoms with Crippen LogP contribution in [-0.4, -0.2) is 31.4 Å². The van der Waals surface area contributed by atoms with E-state index in [4.69, 9.17) is 14.6 Å². The van der Waals surface area contributed by atoms with Gasteiger partial charge in [-0.15, -0.1) is 0 Å². The molecule has 0 radical (unpaired) electrons. The van der Waals surface area contributed by atoms with Crippen LogP contribution in [0.4, 0.5) is 17.1 Å². The molecule has 0 fully saturated rings. The predicted octanol–water partition coefficient (Wildman–Crippen LogP) is 13.8. The lowest BCUT2D eigenvalue weighted by molar-refractivity contribution is -0.385. The zero-order valence-corrected chi connectivity index (χ0v) is 36.4. The Balaban J connectivity index is 0.000000172. The van der Waals surface area contributed by atoms with Gasteiger partial charge in [-0.25, -0.2) is 9.97 Å². The SMILES string of the molecule is Nc1ccccc1-c1ncc(-c2ccccc2)o1.O=C(CCC(=O)c1ccccc1[N+](=O)[O-])c1ccccc1.O=P(Cl)(Cl)Cl.O=[N+]([O-])c1ccccc1-c1ncc(-c2ccccc2)o1. The van der Waals surface area contributed by atoms with Crippen molar-refractivity contribution < 1.29 is 32.8 Å². The number of rotatable bonds is 11. The summed E-state index contributed by atoms with van der Waals surface area (Å²) in [6.45, 7) is 0. The summed E-state index contributed by atoms with van der Waals surface area (Å²) >= 11 is 13.8. The summed E-state index contributed by atoms with van der Waals surface area (Å²) in [7, 11) is 0. The van der Waals surface area contributed by atoms with E-state index in [2.05, 4.69) is 43.7 Å². The van der Waals surface area contributed by atoms with Gasteiger partial charge in [0.2, 0.25) is 11.8 Å². The third-order valence-corrected chi connectivity index (χ3v) is 8.73. The second kappa shape index (κ2) is 23.3. The number of hydrogen-bond donors (Lipinski definition) is 1. The topological polar surface area (TPSA) is 216 Å². The second-order valence-corrected chi connectivity index (χ2v) is 19.7. The third-order valence-electron chi connectivity index (χ3n) is 8.73. The quantitative estimate of drug-likeness (QED) is 0.0421. The van der Waals surface area contributed by atoms with Gasteiger partial charge in [0.05, 0.1) is 33.4 Å². The van der Waals surface area contributed by atoms with Gasteiger partial charge in [-0.05, 0) is 58.0 Å². The van der Waals surface area contributed by atoms with Crippen molar-refractivity contribution in [2.45, 2.75) is 12.8 Å². The maximum atomic E-state index is 12.0. The van der Waals surface area contributed by atoms with Crippen LogP contribution in [-0.2, 0) is 4.57 Å². The molecular formula is C46H35Cl3N5O9P. The van der Waals surface area contributed by atoms with Gasteiger partial charge in [0, 0.05) is 47.4 Å². The van der Waals surface area contributed by atoms with E-state index in [9.17, 15) is 34.4 Å². The Morgan fingerprint density at radius 2 is 0.938 bits per heavy atom. The molecule has 0 aliphatic carbocycles. The first-order valence-electron chi connectivity index (χ1n) is 18.8. The van der Waals surface area contributed by atoms with Crippen LogP contribution < -0.4 is 5.73 Å². The summed E-state index contributed by atoms with van der Waals surface area (Å²) in [6.07, 6.45) is 3.28. The first kappa shape index (κ1) is 47.8. The highest BCUT2D eigenvalue weighted by Crippen LogP contribution is 2.61. The summed E-state index contributed by atoms with van der Waals surface area (Å²) in [5.74, 6) is 1.57. The molecule has 2 heterocycles. The van der Waals surface area contributed by atoms with Gasteiger partial charge in [-0.3, -0.25) is 34.4 Å². The molecule has 0 aliphatic heterocycles. The third kappa shape index (κ3) is 14.4. The molecule has 324 valence electrons. The average Bonchev–Trinajstić information content (AvgIpc) is 4.01. The Labute approximate surface area is 380 Å². The van der Waals surface area contributed by atoms with Gasteiger partial charge in [0.1, 0.15) is 5.56 Å². The average molecular weight is 939 g/mol. The summed E-state index contributed by atoms with van der Waals surface area (Å²) in [5.41, 5.74) is 9.98. The highest BCUT2D eigenvalue weighted by atomic mass is 36.0. The van der Waals surface area contributed by atoms with E-state index in [1.54, 1.807) is 67.0 Å². The lowest BCUT2D eigenvalue weighted by atomic mass is 10.0. The lowest BCUT2D eigenvalue weighted by Gasteiger charge is -2.02. The molecular weight excluding hydrogens is 904 g/mol. The fraction of sp³-hybridized carbons (Fsp3) is 0.0435. The fourth-order valence-corrected chi connectivity index (χ4v) is 5.77. The number of nitrogen functional groups attached to an aromatic ring is 1. The number of para-hydroxylation sites is 3. The Bertz CT molecular complexity index is 2870. The van der Waals surface area contributed by atoms with Crippen molar-refractivity contribution in [3.05, 3.63) is 208 Å². The molecule has 8 aromatic rings. The molecule has 0 aliphatic rings. The molecule has 8 rings (SSSR count). The van der Waals surface area contributed by atoms with Crippen molar-refractivity contribution in [3.8, 4) is 45.6 Å². The molecule has 14 nitrogen and oxygen atoms in total. The monoisotopic (exact) mass is 937 g/mol. The highest BCUT2D eigenvalue weighted by molar-refractivity contribution is 8.24. The molecule has 64 heavy (non-hydrogen) atoms. The molecule has 6 aromatic carbocycles. The minimum absolute atomic E-state index is 0.0195. The van der Waals surface area contributed by atoms with Gasteiger partial charge in [-0.2, -0.15) is 0 Å². The Hall–Kier alpha value is -7.22. The number of ketones is 2. The number of anilines is 1. The largest absolute Gasteiger partial charge is 0.436 e. The van der Waals surface area contributed by atoms with Gasteiger partial charge < -0.3 is 14.6 Å². The Kier molecular flexibility index (Phi) is 17.4. The maximum Gasteiger partial charge on any atom is 0.339 e. The number of oxazole rings is 2. The molecule has 0 bridgehead atoms. The number of Topliss-reactive ketones (excluding diaryl/α,β-unsaturated/α-hetero) is 2. The zero-order valence-electron chi connectivity index (χ0n) is 33.3. The van der Waals surface area contributed by atoms with Gasteiger partial charge in [0.15, 0.2) is 23.1 Å². The number of hydrogen-bond acceptors (Lipinski definition) is 12. The summed E-state index contributed by atoms with van der Waals surface area (Å²) < 4.78 is 20.9. The molecule has 2 N–H and O–H groups in total. The summed E-state index contributed by atoms with van der Waals surface area (Å²) in [6, 6.07) is 47.7. The number of carbonyl (C=O) groups is 2. The van der Waals surface area contributed by atoms with E-state index in [-0.39, 0.29) is 41.5 Å². The van der Waals surface area contributed by atoms with Crippen LogP contribution in [0.5, 0.6) is 0 Å². The van der Waals surface area contributed by atoms with Gasteiger partial charge >= 0.3 is 5.20 Å². The van der Waals surface area contributed by atoms with Crippen LogP contribution in [0.25, 0.3) is 45.6 Å². The number of carbonyl (C=O) groups excluding carboxylic acids is 2. The highest BCUT2D eigenvalue weighted by Gasteiger charge is 2.21. The number of nitro benzene ring substituents is 2. The van der Waals surface area contributed by atoms with Crippen LogP contribution in [0, 0.1) is 20.2 Å². The number of aromatic nitrogens is 2. The smallest absolute Gasteiger partial charge is 0.339 e. The van der Waals surface area contributed by atoms with Gasteiger partial charge in [-0.1, -0.05) is 127 Å². The standard InChI is InChI=1S/C16H13NO4.C15H10N2O3.C15H12N2O.Cl3OP/c18-15(12-6-2-1-3-7-12)10-11-16(19)13-8-4-5-9-14(13)17(20)21;18-17(19)13-9-5-4-8-12(13)15-16-10-14(20-15)11-6-2-1-3-7-11;16-13-9-5-4-8-12(13)15-17-10-14(18-15)11-6-2-1-3-7-11;1-5(2,3)4/h1-9H,10-11H2;1-10H;1-10H,16H2;. The van der Waals surface area contributed by atoms with Crippen molar-refractivity contribution >= 4 is 67.6 Å². The summed E-state index contributed by atoms with van der Waals surface area (Å²) in [5, 5.41) is 18.7. The van der Waals surface area contributed by atoms with Gasteiger partial charge in [0.25, 0.3) is 11.4 Å². The van der Waals surface area contributed by atoms with E-state index < -0.39 is 20.8 Å². The van der Waals surface area contributed by atoms with Crippen LogP contribution >= 0.6 is 38.9 Å². The van der Waals surface area contributed by atoms with Crippen LogP contribution in [0.15, 0.2) is 185 Å². The van der Waals surface area contributed by atoms with Crippen molar-refractivity contribution in [1.82, 2.24) is 9.97 Å². The fourth-order valence-electron chi connectivity index (χ4n) is 5.77. The van der Waals surface area contributed by atoms with Crippen LogP contribution in [0.2, 0.25) is 0 Å². The molecule has 0 unspecified atom stereocenters.